The number of fused-ring (bicyclic) bond motifs is 1. The number of oxazole rings is 1. The van der Waals surface area contributed by atoms with Gasteiger partial charge in [0, 0.05) is 26.6 Å². The van der Waals surface area contributed by atoms with Crippen LogP contribution < -0.4 is 16.4 Å². The lowest BCUT2D eigenvalue weighted by Gasteiger charge is -2.18. The SMILES string of the molecule is Cn1c(=O)oc2ccc(-c3ccc(C[C@H](C#N)NC(=O)C4CNCCCO4)cc3)cc21. The lowest BCUT2D eigenvalue weighted by Crippen LogP contribution is -2.46. The van der Waals surface area contributed by atoms with E-state index in [9.17, 15) is 14.9 Å². The first-order valence-corrected chi connectivity index (χ1v) is 10.3. The molecule has 3 aromatic rings. The molecule has 2 heterocycles. The fourth-order valence-corrected chi connectivity index (χ4v) is 3.65. The molecule has 160 valence electrons. The highest BCUT2D eigenvalue weighted by Gasteiger charge is 2.23. The zero-order valence-corrected chi connectivity index (χ0v) is 17.3. The normalized spacial score (nSPS) is 17.6. The lowest BCUT2D eigenvalue weighted by molar-refractivity contribution is -0.132. The number of amides is 1. The first-order chi connectivity index (χ1) is 15.0. The van der Waals surface area contributed by atoms with Crippen LogP contribution in [-0.2, 0) is 23.0 Å². The molecular weight excluding hydrogens is 396 g/mol. The fraction of sp³-hybridized carbons (Fsp3) is 0.348. The van der Waals surface area contributed by atoms with E-state index in [0.717, 1.165) is 35.2 Å². The van der Waals surface area contributed by atoms with Crippen LogP contribution in [0.1, 0.15) is 12.0 Å². The van der Waals surface area contributed by atoms with Crippen molar-refractivity contribution >= 4 is 17.0 Å². The fourth-order valence-electron chi connectivity index (χ4n) is 3.65. The third-order valence-electron chi connectivity index (χ3n) is 5.43. The zero-order valence-electron chi connectivity index (χ0n) is 17.3. The van der Waals surface area contributed by atoms with Gasteiger partial charge < -0.3 is 19.8 Å². The van der Waals surface area contributed by atoms with Crippen LogP contribution in [0.25, 0.3) is 22.2 Å². The highest BCUT2D eigenvalue weighted by atomic mass is 16.5. The van der Waals surface area contributed by atoms with E-state index in [4.69, 9.17) is 9.15 Å². The molecule has 1 aromatic heterocycles. The van der Waals surface area contributed by atoms with E-state index in [1.165, 1.54) is 4.57 Å². The van der Waals surface area contributed by atoms with E-state index in [-0.39, 0.29) is 5.91 Å². The van der Waals surface area contributed by atoms with Crippen LogP contribution >= 0.6 is 0 Å². The third-order valence-corrected chi connectivity index (χ3v) is 5.43. The summed E-state index contributed by atoms with van der Waals surface area (Å²) in [7, 11) is 1.67. The highest BCUT2D eigenvalue weighted by Crippen LogP contribution is 2.24. The molecule has 2 N–H and O–H groups in total. The quantitative estimate of drug-likeness (QED) is 0.651. The number of rotatable bonds is 5. The number of nitrogens with zero attached hydrogens (tertiary/aromatic N) is 2. The minimum Gasteiger partial charge on any atom is -0.408 e. The second-order valence-electron chi connectivity index (χ2n) is 7.62. The van der Waals surface area contributed by atoms with Crippen molar-refractivity contribution in [2.24, 2.45) is 7.05 Å². The first-order valence-electron chi connectivity index (χ1n) is 10.3. The molecule has 0 aliphatic carbocycles. The van der Waals surface area contributed by atoms with Crippen LogP contribution in [0.4, 0.5) is 0 Å². The van der Waals surface area contributed by atoms with Gasteiger partial charge >= 0.3 is 5.76 Å². The number of aryl methyl sites for hydroxylation is 1. The number of aromatic nitrogens is 1. The Labute approximate surface area is 179 Å². The van der Waals surface area contributed by atoms with Gasteiger partial charge in [-0.2, -0.15) is 5.26 Å². The van der Waals surface area contributed by atoms with Crippen LogP contribution in [0.2, 0.25) is 0 Å². The molecule has 0 saturated carbocycles. The van der Waals surface area contributed by atoms with Crippen molar-refractivity contribution in [2.45, 2.75) is 25.0 Å². The van der Waals surface area contributed by atoms with Gasteiger partial charge in [0.25, 0.3) is 5.91 Å². The van der Waals surface area contributed by atoms with Gasteiger partial charge in [-0.05, 0) is 41.8 Å². The number of carbonyl (C=O) groups excluding carboxylic acids is 1. The molecule has 31 heavy (non-hydrogen) atoms. The summed E-state index contributed by atoms with van der Waals surface area (Å²) < 4.78 is 12.2. The van der Waals surface area contributed by atoms with Crippen LogP contribution in [-0.4, -0.2) is 42.3 Å². The number of nitrogens with one attached hydrogen (secondary N) is 2. The Bertz CT molecular complexity index is 1160. The van der Waals surface area contributed by atoms with E-state index in [0.29, 0.717) is 25.2 Å². The van der Waals surface area contributed by atoms with Crippen molar-refractivity contribution in [3.8, 4) is 17.2 Å². The van der Waals surface area contributed by atoms with Gasteiger partial charge in [-0.15, -0.1) is 0 Å². The third kappa shape index (κ3) is 4.68. The Hall–Kier alpha value is -3.41. The van der Waals surface area contributed by atoms with Crippen molar-refractivity contribution in [2.75, 3.05) is 19.7 Å². The standard InChI is InChI=1S/C23H24N4O4/c1-27-19-12-17(7-8-20(19)31-23(27)29)16-5-3-15(4-6-16)11-18(13-24)26-22(28)21-14-25-9-2-10-30-21/h3-8,12,18,21,25H,2,9-11,14H2,1H3,(H,26,28)/t18-,21?/m1/s1. The molecule has 1 unspecified atom stereocenters. The van der Waals surface area contributed by atoms with Gasteiger partial charge in [-0.25, -0.2) is 4.79 Å². The summed E-state index contributed by atoms with van der Waals surface area (Å²) in [5, 5.41) is 15.4. The largest absolute Gasteiger partial charge is 0.419 e. The van der Waals surface area contributed by atoms with Crippen LogP contribution in [0.3, 0.4) is 0 Å². The Balaban J connectivity index is 1.43. The zero-order chi connectivity index (χ0) is 21.8. The number of benzene rings is 2. The first kappa shape index (κ1) is 20.8. The topological polar surface area (TPSA) is 109 Å². The van der Waals surface area contributed by atoms with Crippen LogP contribution in [0, 0.1) is 11.3 Å². The molecule has 1 fully saturated rings. The summed E-state index contributed by atoms with van der Waals surface area (Å²) in [5.74, 6) is -0.659. The van der Waals surface area contributed by atoms with Gasteiger partial charge in [0.15, 0.2) is 5.58 Å². The maximum Gasteiger partial charge on any atom is 0.419 e. The molecule has 1 amide bonds. The monoisotopic (exact) mass is 420 g/mol. The van der Waals surface area contributed by atoms with Gasteiger partial charge in [0.2, 0.25) is 0 Å². The Morgan fingerprint density at radius 3 is 2.84 bits per heavy atom. The predicted molar refractivity (Wildman–Crippen MR) is 115 cm³/mol. The van der Waals surface area contributed by atoms with Gasteiger partial charge in [-0.3, -0.25) is 9.36 Å². The number of carbonyl (C=O) groups is 1. The number of hydrogen-bond acceptors (Lipinski definition) is 6. The number of nitriles is 1. The molecule has 0 radical (unpaired) electrons. The second-order valence-corrected chi connectivity index (χ2v) is 7.62. The summed E-state index contributed by atoms with van der Waals surface area (Å²) in [4.78, 5) is 24.1. The van der Waals surface area contributed by atoms with E-state index in [1.54, 1.807) is 13.1 Å². The van der Waals surface area contributed by atoms with Crippen molar-refractivity contribution in [3.05, 3.63) is 58.6 Å². The summed E-state index contributed by atoms with van der Waals surface area (Å²) in [6, 6.07) is 14.9. The Morgan fingerprint density at radius 2 is 2.06 bits per heavy atom. The van der Waals surface area contributed by atoms with Crippen molar-refractivity contribution < 1.29 is 13.9 Å². The maximum absolute atomic E-state index is 12.4. The minimum absolute atomic E-state index is 0.267. The molecule has 4 rings (SSSR count). The number of hydrogen-bond donors (Lipinski definition) is 2. The summed E-state index contributed by atoms with van der Waals surface area (Å²) in [6.07, 6.45) is 0.689. The average Bonchev–Trinajstić information content (AvgIpc) is 2.96. The Morgan fingerprint density at radius 1 is 1.29 bits per heavy atom. The van der Waals surface area contributed by atoms with Crippen molar-refractivity contribution in [1.29, 1.82) is 5.26 Å². The maximum atomic E-state index is 12.4. The van der Waals surface area contributed by atoms with Crippen molar-refractivity contribution in [1.82, 2.24) is 15.2 Å². The summed E-state index contributed by atoms with van der Waals surface area (Å²) >= 11 is 0. The van der Waals surface area contributed by atoms with Crippen LogP contribution in [0.15, 0.2) is 51.7 Å². The molecule has 1 aliphatic rings. The molecule has 1 aliphatic heterocycles. The number of ether oxygens (including phenoxy) is 1. The molecule has 2 atom stereocenters. The van der Waals surface area contributed by atoms with Gasteiger partial charge in [0.05, 0.1) is 11.6 Å². The average molecular weight is 420 g/mol. The molecule has 1 saturated heterocycles. The van der Waals surface area contributed by atoms with Crippen molar-refractivity contribution in [3.63, 3.8) is 0 Å². The minimum atomic E-state index is -0.637. The summed E-state index contributed by atoms with van der Waals surface area (Å²) in [5.41, 5.74) is 4.16. The second kappa shape index (κ2) is 9.16. The molecule has 0 spiro atoms. The highest BCUT2D eigenvalue weighted by molar-refractivity contribution is 5.82. The van der Waals surface area contributed by atoms with E-state index >= 15 is 0 Å². The van der Waals surface area contributed by atoms with Crippen LogP contribution in [0.5, 0.6) is 0 Å². The molecule has 0 bridgehead atoms. The predicted octanol–water partition coefficient (Wildman–Crippen LogP) is 1.73. The molecule has 8 nitrogen and oxygen atoms in total. The van der Waals surface area contributed by atoms with E-state index in [2.05, 4.69) is 16.7 Å². The van der Waals surface area contributed by atoms with Gasteiger partial charge in [-0.1, -0.05) is 30.3 Å². The van der Waals surface area contributed by atoms with E-state index < -0.39 is 17.9 Å². The van der Waals surface area contributed by atoms with Gasteiger partial charge in [0.1, 0.15) is 12.1 Å². The Kier molecular flexibility index (Phi) is 6.16. The smallest absolute Gasteiger partial charge is 0.408 e. The summed E-state index contributed by atoms with van der Waals surface area (Å²) in [6.45, 7) is 1.80. The molecule has 2 aromatic carbocycles. The molecule has 8 heteroatoms. The lowest BCUT2D eigenvalue weighted by atomic mass is 10.0. The molecular formula is C23H24N4O4. The van der Waals surface area contributed by atoms with E-state index in [1.807, 2.05) is 36.4 Å².